The van der Waals surface area contributed by atoms with E-state index in [4.69, 9.17) is 0 Å². The fourth-order valence-corrected chi connectivity index (χ4v) is 5.26. The van der Waals surface area contributed by atoms with E-state index in [2.05, 4.69) is 36.1 Å². The van der Waals surface area contributed by atoms with Crippen molar-refractivity contribution in [2.75, 3.05) is 13.1 Å². The molecule has 0 amide bonds. The average molecular weight is 241 g/mol. The number of hydrogen-bond donors (Lipinski definition) is 0. The van der Waals surface area contributed by atoms with E-state index in [1.54, 1.807) is 11.1 Å². The first-order valence-corrected chi connectivity index (χ1v) is 7.70. The highest BCUT2D eigenvalue weighted by molar-refractivity contribution is 5.44. The molecule has 3 unspecified atom stereocenters. The fraction of sp³-hybridized carbons (Fsp3) is 0.647. The van der Waals surface area contributed by atoms with Gasteiger partial charge in [-0.25, -0.2) is 0 Å². The normalized spacial score (nSPS) is 38.3. The average Bonchev–Trinajstić information content (AvgIpc) is 2.91. The van der Waals surface area contributed by atoms with Crippen molar-refractivity contribution >= 4 is 0 Å². The number of hydrogen-bond acceptors (Lipinski definition) is 1. The van der Waals surface area contributed by atoms with Crippen molar-refractivity contribution in [2.24, 2.45) is 5.41 Å². The summed E-state index contributed by atoms with van der Waals surface area (Å²) in [5.74, 6) is 0.865. The molecule has 3 atom stereocenters. The highest BCUT2D eigenvalue weighted by atomic mass is 15.2. The van der Waals surface area contributed by atoms with Gasteiger partial charge in [-0.3, -0.25) is 4.90 Å². The molecule has 1 nitrogen and oxygen atoms in total. The number of rotatable bonds is 1. The van der Waals surface area contributed by atoms with Crippen LogP contribution in [0.3, 0.4) is 0 Å². The summed E-state index contributed by atoms with van der Waals surface area (Å²) in [5.41, 5.74) is 3.97. The Morgan fingerprint density at radius 1 is 1.17 bits per heavy atom. The number of benzene rings is 1. The minimum absolute atomic E-state index is 0.609. The maximum Gasteiger partial charge on any atom is 0.0413 e. The lowest BCUT2D eigenvalue weighted by Gasteiger charge is -2.41. The second-order valence-electron chi connectivity index (χ2n) is 6.44. The molecular weight excluding hydrogens is 218 g/mol. The van der Waals surface area contributed by atoms with Gasteiger partial charge in [-0.15, -0.1) is 0 Å². The fourth-order valence-electron chi connectivity index (χ4n) is 5.26. The molecule has 2 fully saturated rings. The summed E-state index contributed by atoms with van der Waals surface area (Å²) < 4.78 is 0. The monoisotopic (exact) mass is 241 g/mol. The van der Waals surface area contributed by atoms with Gasteiger partial charge in [0.05, 0.1) is 0 Å². The minimum Gasteiger partial charge on any atom is -0.296 e. The van der Waals surface area contributed by atoms with Crippen molar-refractivity contribution in [3.63, 3.8) is 0 Å². The molecule has 1 heteroatoms. The molecule has 18 heavy (non-hydrogen) atoms. The molecule has 0 radical (unpaired) electrons. The molecule has 1 aromatic carbocycles. The lowest BCUT2D eigenvalue weighted by molar-refractivity contribution is 0.109. The zero-order valence-corrected chi connectivity index (χ0v) is 11.4. The van der Waals surface area contributed by atoms with E-state index in [0.29, 0.717) is 5.41 Å². The Morgan fingerprint density at radius 2 is 2.00 bits per heavy atom. The van der Waals surface area contributed by atoms with Crippen LogP contribution in [0.4, 0.5) is 0 Å². The van der Waals surface area contributed by atoms with Crippen molar-refractivity contribution in [3.05, 3.63) is 35.4 Å². The first kappa shape index (κ1) is 11.0. The number of nitrogens with zero attached hydrogens (tertiary/aromatic N) is 1. The van der Waals surface area contributed by atoms with Crippen LogP contribution in [0.1, 0.15) is 62.1 Å². The molecule has 1 spiro atoms. The third-order valence-electron chi connectivity index (χ3n) is 5.93. The van der Waals surface area contributed by atoms with Crippen LogP contribution >= 0.6 is 0 Å². The zero-order valence-electron chi connectivity index (χ0n) is 11.4. The van der Waals surface area contributed by atoms with E-state index in [0.717, 1.165) is 12.0 Å². The van der Waals surface area contributed by atoms with Crippen LogP contribution < -0.4 is 0 Å². The second-order valence-corrected chi connectivity index (χ2v) is 6.44. The molecule has 1 saturated heterocycles. The van der Waals surface area contributed by atoms with Crippen LogP contribution in [0.15, 0.2) is 24.3 Å². The van der Waals surface area contributed by atoms with Crippen LogP contribution in [-0.2, 0) is 0 Å². The highest BCUT2D eigenvalue weighted by Gasteiger charge is 2.58. The van der Waals surface area contributed by atoms with E-state index in [1.807, 2.05) is 0 Å². The second kappa shape index (κ2) is 3.84. The Morgan fingerprint density at radius 3 is 2.83 bits per heavy atom. The van der Waals surface area contributed by atoms with Gasteiger partial charge >= 0.3 is 0 Å². The summed E-state index contributed by atoms with van der Waals surface area (Å²) >= 11 is 0. The van der Waals surface area contributed by atoms with E-state index in [-0.39, 0.29) is 0 Å². The topological polar surface area (TPSA) is 3.24 Å². The van der Waals surface area contributed by atoms with Gasteiger partial charge in [0.2, 0.25) is 0 Å². The highest BCUT2D eigenvalue weighted by Crippen LogP contribution is 2.66. The van der Waals surface area contributed by atoms with E-state index in [9.17, 15) is 0 Å². The molecular formula is C17H23N. The van der Waals surface area contributed by atoms with Gasteiger partial charge in [0, 0.05) is 6.04 Å². The van der Waals surface area contributed by atoms with Crippen LogP contribution in [0.5, 0.6) is 0 Å². The predicted octanol–water partition coefficient (Wildman–Crippen LogP) is 4.11. The summed E-state index contributed by atoms with van der Waals surface area (Å²) in [6.07, 6.45) is 7.24. The van der Waals surface area contributed by atoms with Crippen molar-refractivity contribution < 1.29 is 0 Å². The van der Waals surface area contributed by atoms with Crippen molar-refractivity contribution in [1.82, 2.24) is 4.90 Å². The molecule has 0 aromatic heterocycles. The van der Waals surface area contributed by atoms with E-state index < -0.39 is 0 Å². The summed E-state index contributed by atoms with van der Waals surface area (Å²) in [7, 11) is 0. The quantitative estimate of drug-likeness (QED) is 0.715. The molecule has 0 bridgehead atoms. The molecule has 0 N–H and O–H groups in total. The Hall–Kier alpha value is -0.820. The Balaban J connectivity index is 1.88. The third-order valence-corrected chi connectivity index (χ3v) is 5.93. The van der Waals surface area contributed by atoms with Gasteiger partial charge in [-0.1, -0.05) is 44.0 Å². The van der Waals surface area contributed by atoms with Crippen LogP contribution in [0.2, 0.25) is 0 Å². The molecule has 1 aromatic rings. The maximum atomic E-state index is 2.74. The minimum atomic E-state index is 0.609. The molecule has 1 saturated carbocycles. The Bertz CT molecular complexity index is 466. The van der Waals surface area contributed by atoms with Crippen molar-refractivity contribution in [2.45, 2.75) is 51.0 Å². The zero-order chi connectivity index (χ0) is 12.2. The van der Waals surface area contributed by atoms with Crippen molar-refractivity contribution in [3.8, 4) is 0 Å². The molecule has 1 aliphatic heterocycles. The van der Waals surface area contributed by atoms with Gasteiger partial charge in [-0.2, -0.15) is 0 Å². The van der Waals surface area contributed by atoms with Gasteiger partial charge < -0.3 is 0 Å². The number of fused-ring (bicyclic) bond motifs is 3. The lowest BCUT2D eigenvalue weighted by atomic mass is 9.65. The summed E-state index contributed by atoms with van der Waals surface area (Å²) in [5, 5.41) is 0. The third kappa shape index (κ3) is 1.21. The molecule has 1 heterocycles. The lowest BCUT2D eigenvalue weighted by Crippen LogP contribution is -2.33. The van der Waals surface area contributed by atoms with E-state index in [1.165, 1.54) is 45.2 Å². The smallest absolute Gasteiger partial charge is 0.0413 e. The molecule has 2 aliphatic carbocycles. The summed E-state index contributed by atoms with van der Waals surface area (Å²) in [4.78, 5) is 2.74. The Labute approximate surface area is 110 Å². The van der Waals surface area contributed by atoms with Crippen LogP contribution in [-0.4, -0.2) is 18.0 Å². The summed E-state index contributed by atoms with van der Waals surface area (Å²) in [6, 6.07) is 10.1. The molecule has 3 aliphatic rings. The maximum absolute atomic E-state index is 2.74. The van der Waals surface area contributed by atoms with Crippen LogP contribution in [0.25, 0.3) is 0 Å². The number of likely N-dealkylation sites (tertiary alicyclic amines) is 1. The summed E-state index contributed by atoms with van der Waals surface area (Å²) in [6.45, 7) is 4.87. The largest absolute Gasteiger partial charge is 0.296 e. The van der Waals surface area contributed by atoms with E-state index >= 15 is 0 Å². The van der Waals surface area contributed by atoms with Crippen molar-refractivity contribution in [1.29, 1.82) is 0 Å². The first-order chi connectivity index (χ1) is 8.87. The SMILES string of the molecule is CCN1CCC23CCCCC2c2ccccc2C13. The van der Waals surface area contributed by atoms with Gasteiger partial charge in [0.25, 0.3) is 0 Å². The first-order valence-electron chi connectivity index (χ1n) is 7.70. The molecule has 96 valence electrons. The van der Waals surface area contributed by atoms with Gasteiger partial charge in [0.15, 0.2) is 0 Å². The predicted molar refractivity (Wildman–Crippen MR) is 74.7 cm³/mol. The van der Waals surface area contributed by atoms with Gasteiger partial charge in [0.1, 0.15) is 0 Å². The Kier molecular flexibility index (Phi) is 2.35. The molecule has 4 rings (SSSR count). The van der Waals surface area contributed by atoms with Gasteiger partial charge in [-0.05, 0) is 54.8 Å². The van der Waals surface area contributed by atoms with Crippen LogP contribution in [0, 0.1) is 5.41 Å². The standard InChI is InChI=1S/C17H23N/c1-2-18-12-11-17-10-6-5-9-15(17)13-7-3-4-8-14(13)16(17)18/h3-4,7-8,15-16H,2,5-6,9-12H2,1H3.